The average molecular weight is 561 g/mol. The van der Waals surface area contributed by atoms with Gasteiger partial charge in [0.15, 0.2) is 6.29 Å². The number of aliphatic hydroxyl groups excluding tert-OH is 3. The molecule has 13 unspecified atom stereocenters. The van der Waals surface area contributed by atoms with Crippen molar-refractivity contribution in [3.63, 3.8) is 0 Å². The third kappa shape index (κ3) is 5.61. The molecule has 1 aliphatic heterocycles. The van der Waals surface area contributed by atoms with Gasteiger partial charge in [-0.1, -0.05) is 66.0 Å². The van der Waals surface area contributed by atoms with Gasteiger partial charge in [0.25, 0.3) is 0 Å². The third-order valence-electron chi connectivity index (χ3n) is 13.3. The van der Waals surface area contributed by atoms with Crippen molar-refractivity contribution >= 4 is 0 Å². The zero-order valence-corrected chi connectivity index (χ0v) is 26.4. The monoisotopic (exact) mass is 560 g/mol. The lowest BCUT2D eigenvalue weighted by atomic mass is 9.47. The quantitative estimate of drug-likeness (QED) is 0.268. The van der Waals surface area contributed by atoms with E-state index < -0.39 is 24.6 Å². The van der Waals surface area contributed by atoms with Gasteiger partial charge in [-0.3, -0.25) is 0 Å². The average Bonchev–Trinajstić information content (AvgIpc) is 3.28. The number of allylic oxidation sites excluding steroid dienone is 1. The molecule has 0 amide bonds. The van der Waals surface area contributed by atoms with Crippen LogP contribution in [0.15, 0.2) is 11.6 Å². The molecule has 5 heteroatoms. The molecule has 5 nitrogen and oxygen atoms in total. The largest absolute Gasteiger partial charge is 0.394 e. The lowest BCUT2D eigenvalue weighted by Gasteiger charge is -2.58. The fourth-order valence-electron chi connectivity index (χ4n) is 10.8. The first kappa shape index (κ1) is 31.0. The van der Waals surface area contributed by atoms with Crippen molar-refractivity contribution in [1.82, 2.24) is 0 Å². The highest BCUT2D eigenvalue weighted by Crippen LogP contribution is 2.67. The second-order valence-electron chi connectivity index (χ2n) is 15.5. The fourth-order valence-corrected chi connectivity index (χ4v) is 10.8. The van der Waals surface area contributed by atoms with Gasteiger partial charge in [-0.2, -0.15) is 0 Å². The SMILES string of the molecule is CCC(CCC(C)C1CCC2C3CC=C4CC(OC5CC(O)C(O)C(CO)O5)CCC4(C)C3CCC12C)C(C)C. The Kier molecular flexibility index (Phi) is 9.50. The van der Waals surface area contributed by atoms with E-state index in [2.05, 4.69) is 47.6 Å². The maximum absolute atomic E-state index is 10.2. The van der Waals surface area contributed by atoms with Crippen LogP contribution in [0.3, 0.4) is 0 Å². The highest BCUT2D eigenvalue weighted by molar-refractivity contribution is 5.25. The molecule has 13 atom stereocenters. The molecule has 3 N–H and O–H groups in total. The number of ether oxygens (including phenoxy) is 2. The van der Waals surface area contributed by atoms with E-state index >= 15 is 0 Å². The molecule has 5 rings (SSSR count). The molecular formula is C35H60O5. The number of hydrogen-bond donors (Lipinski definition) is 3. The van der Waals surface area contributed by atoms with Crippen LogP contribution in [0.1, 0.15) is 119 Å². The molecule has 230 valence electrons. The first-order valence-electron chi connectivity index (χ1n) is 17.0. The molecule has 0 aromatic rings. The summed E-state index contributed by atoms with van der Waals surface area (Å²) < 4.78 is 12.2. The highest BCUT2D eigenvalue weighted by Gasteiger charge is 2.59. The number of fused-ring (bicyclic) bond motifs is 5. The zero-order chi connectivity index (χ0) is 28.8. The molecule has 5 aliphatic rings. The Morgan fingerprint density at radius 2 is 1.80 bits per heavy atom. The van der Waals surface area contributed by atoms with Crippen molar-refractivity contribution in [2.45, 2.75) is 149 Å². The van der Waals surface area contributed by atoms with E-state index in [9.17, 15) is 15.3 Å². The van der Waals surface area contributed by atoms with Crippen LogP contribution < -0.4 is 0 Å². The molecule has 0 spiro atoms. The molecule has 1 heterocycles. The van der Waals surface area contributed by atoms with Gasteiger partial charge in [0.1, 0.15) is 12.2 Å². The fraction of sp³-hybridized carbons (Fsp3) is 0.943. The standard InChI is InChI=1S/C35H60O5/c1-7-23(21(2)3)9-8-22(4)27-12-13-28-26-11-10-24-18-25(39-32-19-30(37)33(38)31(20-36)40-32)14-16-34(24,5)29(26)15-17-35(27,28)6/h10,21-23,25-33,36-38H,7-9,11-20H2,1-6H3. The molecule has 4 aliphatic carbocycles. The van der Waals surface area contributed by atoms with Crippen LogP contribution in [-0.2, 0) is 9.47 Å². The first-order valence-corrected chi connectivity index (χ1v) is 17.0. The van der Waals surface area contributed by atoms with E-state index in [0.29, 0.717) is 5.41 Å². The summed E-state index contributed by atoms with van der Waals surface area (Å²) >= 11 is 0. The normalized spacial score (nSPS) is 46.8. The Hall–Kier alpha value is -0.460. The summed E-state index contributed by atoms with van der Waals surface area (Å²) in [6, 6.07) is 0. The van der Waals surface area contributed by atoms with Crippen molar-refractivity contribution in [2.24, 2.45) is 52.3 Å². The number of hydrogen-bond acceptors (Lipinski definition) is 5. The topological polar surface area (TPSA) is 79.2 Å². The Labute approximate surface area is 244 Å². The Morgan fingerprint density at radius 1 is 1.02 bits per heavy atom. The van der Waals surface area contributed by atoms with Gasteiger partial charge < -0.3 is 24.8 Å². The molecule has 0 aromatic carbocycles. The van der Waals surface area contributed by atoms with E-state index in [4.69, 9.17) is 9.47 Å². The van der Waals surface area contributed by atoms with Crippen LogP contribution in [0.2, 0.25) is 0 Å². The van der Waals surface area contributed by atoms with Gasteiger partial charge >= 0.3 is 0 Å². The summed E-state index contributed by atoms with van der Waals surface area (Å²) in [7, 11) is 0. The van der Waals surface area contributed by atoms with E-state index in [0.717, 1.165) is 60.7 Å². The smallest absolute Gasteiger partial charge is 0.161 e. The van der Waals surface area contributed by atoms with Crippen molar-refractivity contribution in [2.75, 3.05) is 6.61 Å². The van der Waals surface area contributed by atoms with Crippen molar-refractivity contribution in [3.8, 4) is 0 Å². The van der Waals surface area contributed by atoms with Gasteiger partial charge in [0, 0.05) is 6.42 Å². The lowest BCUT2D eigenvalue weighted by molar-refractivity contribution is -0.271. The van der Waals surface area contributed by atoms with Gasteiger partial charge in [0.2, 0.25) is 0 Å². The Balaban J connectivity index is 1.22. The molecule has 4 fully saturated rings. The van der Waals surface area contributed by atoms with Gasteiger partial charge in [-0.25, -0.2) is 0 Å². The van der Waals surface area contributed by atoms with E-state index in [1.165, 1.54) is 51.4 Å². The summed E-state index contributed by atoms with van der Waals surface area (Å²) in [4.78, 5) is 0. The molecule has 1 saturated heterocycles. The minimum absolute atomic E-state index is 0.0750. The summed E-state index contributed by atoms with van der Waals surface area (Å²) in [5.41, 5.74) is 2.37. The van der Waals surface area contributed by atoms with Gasteiger partial charge in [-0.15, -0.1) is 0 Å². The van der Waals surface area contributed by atoms with Gasteiger partial charge in [0.05, 0.1) is 18.8 Å². The maximum atomic E-state index is 10.2. The second kappa shape index (κ2) is 12.3. The first-order chi connectivity index (χ1) is 19.0. The lowest BCUT2D eigenvalue weighted by Crippen LogP contribution is -2.52. The van der Waals surface area contributed by atoms with E-state index in [1.807, 2.05) is 0 Å². The van der Waals surface area contributed by atoms with E-state index in [1.54, 1.807) is 5.57 Å². The molecule has 0 radical (unpaired) electrons. The minimum atomic E-state index is -1.05. The summed E-state index contributed by atoms with van der Waals surface area (Å²) in [5.74, 6) is 5.88. The van der Waals surface area contributed by atoms with Crippen LogP contribution in [0.25, 0.3) is 0 Å². The van der Waals surface area contributed by atoms with Crippen LogP contribution in [0.4, 0.5) is 0 Å². The Bertz CT molecular complexity index is 887. The third-order valence-corrected chi connectivity index (χ3v) is 13.3. The highest BCUT2D eigenvalue weighted by atomic mass is 16.7. The zero-order valence-electron chi connectivity index (χ0n) is 26.4. The molecule has 0 bridgehead atoms. The van der Waals surface area contributed by atoms with Crippen molar-refractivity contribution < 1.29 is 24.8 Å². The predicted octanol–water partition coefficient (Wildman–Crippen LogP) is 6.88. The molecule has 0 aromatic heterocycles. The molecule has 3 saturated carbocycles. The van der Waals surface area contributed by atoms with Crippen LogP contribution >= 0.6 is 0 Å². The number of aliphatic hydroxyl groups is 3. The Morgan fingerprint density at radius 3 is 2.50 bits per heavy atom. The summed E-state index contributed by atoms with van der Waals surface area (Å²) in [6.07, 6.45) is 13.7. The summed E-state index contributed by atoms with van der Waals surface area (Å²) in [6.45, 7) is 14.7. The van der Waals surface area contributed by atoms with Crippen molar-refractivity contribution in [1.29, 1.82) is 0 Å². The minimum Gasteiger partial charge on any atom is -0.394 e. The predicted molar refractivity (Wildman–Crippen MR) is 159 cm³/mol. The van der Waals surface area contributed by atoms with E-state index in [-0.39, 0.29) is 24.5 Å². The van der Waals surface area contributed by atoms with Crippen LogP contribution in [-0.4, -0.2) is 52.6 Å². The second-order valence-corrected chi connectivity index (χ2v) is 15.5. The maximum Gasteiger partial charge on any atom is 0.161 e. The van der Waals surface area contributed by atoms with Gasteiger partial charge in [-0.05, 0) is 110 Å². The van der Waals surface area contributed by atoms with Crippen LogP contribution in [0.5, 0.6) is 0 Å². The molecule has 40 heavy (non-hydrogen) atoms. The van der Waals surface area contributed by atoms with Crippen LogP contribution in [0, 0.1) is 52.3 Å². The molecular weight excluding hydrogens is 500 g/mol. The number of rotatable bonds is 9. The summed E-state index contributed by atoms with van der Waals surface area (Å²) in [5, 5.41) is 29.9. The van der Waals surface area contributed by atoms with Crippen molar-refractivity contribution in [3.05, 3.63) is 11.6 Å².